The highest BCUT2D eigenvalue weighted by atomic mass is 32.1. The van der Waals surface area contributed by atoms with Crippen LogP contribution in [-0.4, -0.2) is 33.4 Å². The van der Waals surface area contributed by atoms with E-state index >= 15 is 0 Å². The molecule has 3 aliphatic carbocycles. The monoisotopic (exact) mass is 531 g/mol. The molecule has 0 aliphatic heterocycles. The summed E-state index contributed by atoms with van der Waals surface area (Å²) in [5.74, 6) is -2.33. The van der Waals surface area contributed by atoms with Crippen LogP contribution in [0.15, 0.2) is 28.8 Å². The van der Waals surface area contributed by atoms with Crippen LogP contribution in [0.25, 0.3) is 10.1 Å². The molecule has 9 heteroatoms. The fourth-order valence-corrected chi connectivity index (χ4v) is 7.11. The number of hydrogen-bond acceptors (Lipinski definition) is 6. The normalized spacial score (nSPS) is 26.5. The van der Waals surface area contributed by atoms with E-state index in [2.05, 4.69) is 5.16 Å². The molecule has 37 heavy (non-hydrogen) atoms. The van der Waals surface area contributed by atoms with Gasteiger partial charge in [-0.25, -0.2) is 13.6 Å². The number of alkyl halides is 2. The van der Waals surface area contributed by atoms with Crippen molar-refractivity contribution in [3.8, 4) is 0 Å². The van der Waals surface area contributed by atoms with Gasteiger partial charge in [-0.05, 0) is 75.0 Å². The molecule has 3 fully saturated rings. The Bertz CT molecular complexity index is 1300. The number of hydrogen-bond donors (Lipinski definition) is 2. The van der Waals surface area contributed by atoms with Crippen molar-refractivity contribution in [2.75, 3.05) is 0 Å². The number of carboxylic acids is 1. The zero-order chi connectivity index (χ0) is 25.8. The number of benzene rings is 1. The minimum absolute atomic E-state index is 0.0134. The first-order valence-electron chi connectivity index (χ1n) is 13.2. The van der Waals surface area contributed by atoms with Gasteiger partial charge in [-0.3, -0.25) is 0 Å². The van der Waals surface area contributed by atoms with Crippen molar-refractivity contribution in [2.24, 2.45) is 0 Å². The Hall–Kier alpha value is -2.36. The summed E-state index contributed by atoms with van der Waals surface area (Å²) in [6.07, 6.45) is 5.21. The van der Waals surface area contributed by atoms with Gasteiger partial charge < -0.3 is 19.5 Å². The number of fused-ring (bicyclic) bond motifs is 1. The Morgan fingerprint density at radius 1 is 1.05 bits per heavy atom. The molecule has 3 aliphatic rings. The molecule has 1 aromatic carbocycles. The Balaban J connectivity index is 1.11. The first-order chi connectivity index (χ1) is 17.7. The largest absolute Gasteiger partial charge is 0.478 e. The molecule has 2 heterocycles. The van der Waals surface area contributed by atoms with Crippen LogP contribution in [-0.2, 0) is 16.9 Å². The third-order valence-corrected chi connectivity index (χ3v) is 9.64. The molecule has 6 nitrogen and oxygen atoms in total. The van der Waals surface area contributed by atoms with E-state index in [0.29, 0.717) is 51.0 Å². The van der Waals surface area contributed by atoms with E-state index < -0.39 is 17.5 Å². The van der Waals surface area contributed by atoms with Crippen LogP contribution >= 0.6 is 11.3 Å². The molecule has 0 atom stereocenters. The first kappa shape index (κ1) is 24.9. The number of carboxylic acid groups (broad SMARTS) is 1. The number of rotatable bonds is 7. The minimum Gasteiger partial charge on any atom is -0.478 e. The number of halogens is 2. The van der Waals surface area contributed by atoms with Crippen LogP contribution in [0, 0.1) is 0 Å². The topological polar surface area (TPSA) is 92.8 Å². The molecule has 0 unspecified atom stereocenters. The molecule has 3 aromatic rings. The van der Waals surface area contributed by atoms with E-state index in [-0.39, 0.29) is 30.4 Å². The molecule has 0 radical (unpaired) electrons. The van der Waals surface area contributed by atoms with Crippen molar-refractivity contribution in [3.63, 3.8) is 0 Å². The average molecular weight is 532 g/mol. The Morgan fingerprint density at radius 2 is 1.78 bits per heavy atom. The molecule has 0 saturated heterocycles. The van der Waals surface area contributed by atoms with E-state index in [4.69, 9.17) is 9.26 Å². The van der Waals surface area contributed by atoms with Crippen LogP contribution in [0.4, 0.5) is 8.78 Å². The maximum atomic E-state index is 13.7. The zero-order valence-electron chi connectivity index (χ0n) is 20.6. The van der Waals surface area contributed by atoms with Gasteiger partial charge in [0.15, 0.2) is 0 Å². The highest BCUT2D eigenvalue weighted by molar-refractivity contribution is 7.19. The van der Waals surface area contributed by atoms with E-state index in [1.54, 1.807) is 18.2 Å². The van der Waals surface area contributed by atoms with Crippen molar-refractivity contribution in [2.45, 2.75) is 100 Å². The second kappa shape index (κ2) is 9.43. The minimum atomic E-state index is -2.58. The lowest BCUT2D eigenvalue weighted by atomic mass is 9.82. The van der Waals surface area contributed by atoms with Crippen molar-refractivity contribution in [3.05, 3.63) is 51.7 Å². The molecule has 2 aromatic heterocycles. The van der Waals surface area contributed by atoms with Crippen molar-refractivity contribution < 1.29 is 33.0 Å². The van der Waals surface area contributed by atoms with Crippen LogP contribution in [0.5, 0.6) is 0 Å². The number of ether oxygens (including phenoxy) is 1. The van der Waals surface area contributed by atoms with Crippen molar-refractivity contribution in [1.82, 2.24) is 5.16 Å². The molecule has 6 rings (SSSR count). The van der Waals surface area contributed by atoms with Crippen LogP contribution in [0.2, 0.25) is 0 Å². The molecule has 2 N–H and O–H groups in total. The molecular formula is C28H31F2NO5S. The van der Waals surface area contributed by atoms with Gasteiger partial charge in [0.1, 0.15) is 5.76 Å². The Morgan fingerprint density at radius 3 is 2.46 bits per heavy atom. The van der Waals surface area contributed by atoms with Gasteiger partial charge in [0.25, 0.3) is 0 Å². The smallest absolute Gasteiger partial charge is 0.335 e. The van der Waals surface area contributed by atoms with Gasteiger partial charge in [0.05, 0.1) is 29.6 Å². The molecular weight excluding hydrogens is 500 g/mol. The van der Waals surface area contributed by atoms with Crippen molar-refractivity contribution >= 4 is 27.4 Å². The molecule has 0 amide bonds. The lowest BCUT2D eigenvalue weighted by Crippen LogP contribution is -2.33. The fraction of sp³-hybridized carbons (Fsp3) is 0.571. The van der Waals surface area contributed by atoms with Crippen LogP contribution in [0.1, 0.15) is 108 Å². The lowest BCUT2D eigenvalue weighted by molar-refractivity contribution is -0.0626. The van der Waals surface area contributed by atoms with Crippen LogP contribution in [0.3, 0.4) is 0 Å². The number of carbonyl (C=O) groups is 1. The average Bonchev–Trinajstić information content (AvgIpc) is 3.48. The summed E-state index contributed by atoms with van der Waals surface area (Å²) in [6.45, 7) is 0.363. The first-order valence-corrected chi connectivity index (χ1v) is 14.0. The van der Waals surface area contributed by atoms with E-state index in [1.165, 1.54) is 11.3 Å². The maximum Gasteiger partial charge on any atom is 0.335 e. The number of aromatic nitrogens is 1. The van der Waals surface area contributed by atoms with Gasteiger partial charge in [0, 0.05) is 39.8 Å². The van der Waals surface area contributed by atoms with Gasteiger partial charge in [-0.1, -0.05) is 11.2 Å². The summed E-state index contributed by atoms with van der Waals surface area (Å²) in [7, 11) is 0. The SMILES string of the molecule is O=C(O)c1ccc2cc([C@]3(O)CC[C@H](OCc4c(C5CCC(F)(F)CC5)noc4C4CC4)CC3)sc2c1. The Kier molecular flexibility index (Phi) is 6.36. The Labute approximate surface area is 217 Å². The van der Waals surface area contributed by atoms with Gasteiger partial charge in [-0.15, -0.1) is 11.3 Å². The number of aromatic carboxylic acids is 1. The van der Waals surface area contributed by atoms with Crippen LogP contribution < -0.4 is 0 Å². The van der Waals surface area contributed by atoms with E-state index in [1.807, 2.05) is 6.07 Å². The third-order valence-electron chi connectivity index (χ3n) is 8.35. The maximum absolute atomic E-state index is 13.7. The summed E-state index contributed by atoms with van der Waals surface area (Å²) in [5, 5.41) is 26.0. The van der Waals surface area contributed by atoms with Crippen molar-refractivity contribution in [1.29, 1.82) is 0 Å². The molecule has 0 bridgehead atoms. The lowest BCUT2D eigenvalue weighted by Gasteiger charge is -2.35. The van der Waals surface area contributed by atoms with Gasteiger partial charge >= 0.3 is 5.97 Å². The van der Waals surface area contributed by atoms with E-state index in [9.17, 15) is 23.8 Å². The zero-order valence-corrected chi connectivity index (χ0v) is 21.4. The second-order valence-electron chi connectivity index (χ2n) is 11.0. The molecule has 198 valence electrons. The fourth-order valence-electron chi connectivity index (χ4n) is 5.86. The summed E-state index contributed by atoms with van der Waals surface area (Å²) in [4.78, 5) is 12.2. The number of aliphatic hydroxyl groups is 1. The highest BCUT2D eigenvalue weighted by Gasteiger charge is 2.41. The summed E-state index contributed by atoms with van der Waals surface area (Å²) < 4.78 is 40.3. The molecule has 0 spiro atoms. The quantitative estimate of drug-likeness (QED) is 0.338. The summed E-state index contributed by atoms with van der Waals surface area (Å²) in [5.41, 5.74) is 1.04. The summed E-state index contributed by atoms with van der Waals surface area (Å²) >= 11 is 1.45. The van der Waals surface area contributed by atoms with Gasteiger partial charge in [0.2, 0.25) is 5.92 Å². The van der Waals surface area contributed by atoms with E-state index in [0.717, 1.165) is 44.8 Å². The third kappa shape index (κ3) is 5.05. The number of nitrogens with zero attached hydrogens (tertiary/aromatic N) is 1. The molecule has 3 saturated carbocycles. The predicted molar refractivity (Wildman–Crippen MR) is 134 cm³/mol. The predicted octanol–water partition coefficient (Wildman–Crippen LogP) is 7.10. The second-order valence-corrected chi connectivity index (χ2v) is 12.1. The number of thiophene rings is 1. The summed E-state index contributed by atoms with van der Waals surface area (Å²) in [6, 6.07) is 7.00. The van der Waals surface area contributed by atoms with Gasteiger partial charge in [-0.2, -0.15) is 0 Å². The standard InChI is InChI=1S/C28H31F2NO5S/c29-28(30)11-5-16(6-12-28)24-21(25(36-31-24)17-1-2-17)15-35-20-7-9-27(34,10-8-20)23-14-18-3-4-19(26(32)33)13-22(18)37-23/h3-4,13-14,16-17,20,34H,1-2,5-12,15H2,(H,32,33)/t20-,27-. The highest BCUT2D eigenvalue weighted by Crippen LogP contribution is 2.48.